The maximum atomic E-state index is 12.5. The minimum Gasteiger partial charge on any atom is -0.373 e. The standard InChI is InChI=1S/C21H28N4O/c1-3-24(2)20-14-8-7-13-19(20)23-21(26)22-17-10-9-15-25(16-17)18-11-5-4-6-12-18/h4-8,11-14,17H,3,9-10,15-16H2,1-2H3,(H2,22,23,26). The molecule has 138 valence electrons. The largest absolute Gasteiger partial charge is 0.373 e. The summed E-state index contributed by atoms with van der Waals surface area (Å²) >= 11 is 0. The van der Waals surface area contributed by atoms with Crippen LogP contribution >= 0.6 is 0 Å². The summed E-state index contributed by atoms with van der Waals surface area (Å²) in [4.78, 5) is 17.0. The molecule has 2 aromatic rings. The van der Waals surface area contributed by atoms with Crippen molar-refractivity contribution in [2.45, 2.75) is 25.8 Å². The fourth-order valence-electron chi connectivity index (χ4n) is 3.39. The lowest BCUT2D eigenvalue weighted by Crippen LogP contribution is -2.49. The fourth-order valence-corrected chi connectivity index (χ4v) is 3.39. The van der Waals surface area contributed by atoms with E-state index < -0.39 is 0 Å². The second kappa shape index (κ2) is 8.61. The number of carbonyl (C=O) groups is 1. The Morgan fingerprint density at radius 3 is 2.65 bits per heavy atom. The Kier molecular flexibility index (Phi) is 6.00. The van der Waals surface area contributed by atoms with Crippen LogP contribution < -0.4 is 20.4 Å². The minimum atomic E-state index is -0.137. The quantitative estimate of drug-likeness (QED) is 0.857. The zero-order valence-corrected chi connectivity index (χ0v) is 15.6. The lowest BCUT2D eigenvalue weighted by molar-refractivity contribution is 0.246. The topological polar surface area (TPSA) is 47.6 Å². The molecule has 0 aliphatic carbocycles. The first-order valence-electron chi connectivity index (χ1n) is 9.35. The number of rotatable bonds is 5. The van der Waals surface area contributed by atoms with Gasteiger partial charge in [-0.2, -0.15) is 0 Å². The molecule has 0 spiro atoms. The van der Waals surface area contributed by atoms with Gasteiger partial charge in [-0.25, -0.2) is 4.79 Å². The van der Waals surface area contributed by atoms with Crippen LogP contribution in [-0.4, -0.2) is 38.8 Å². The zero-order valence-electron chi connectivity index (χ0n) is 15.6. The number of hydrogen-bond donors (Lipinski definition) is 2. The molecule has 5 heteroatoms. The number of para-hydroxylation sites is 3. The molecule has 0 bridgehead atoms. The molecule has 1 saturated heterocycles. The van der Waals surface area contributed by atoms with Crippen molar-refractivity contribution in [3.05, 3.63) is 54.6 Å². The van der Waals surface area contributed by atoms with Crippen molar-refractivity contribution in [2.75, 3.05) is 41.8 Å². The molecule has 5 nitrogen and oxygen atoms in total. The molecular weight excluding hydrogens is 324 g/mol. The minimum absolute atomic E-state index is 0.137. The molecule has 0 saturated carbocycles. The van der Waals surface area contributed by atoms with E-state index in [0.717, 1.165) is 43.9 Å². The molecule has 2 amide bonds. The van der Waals surface area contributed by atoms with Gasteiger partial charge in [0.05, 0.1) is 11.4 Å². The van der Waals surface area contributed by atoms with Crippen molar-refractivity contribution in [2.24, 2.45) is 0 Å². The van der Waals surface area contributed by atoms with Gasteiger partial charge in [0, 0.05) is 38.4 Å². The van der Waals surface area contributed by atoms with Crippen LogP contribution in [0.1, 0.15) is 19.8 Å². The van der Waals surface area contributed by atoms with Gasteiger partial charge in [0.15, 0.2) is 0 Å². The van der Waals surface area contributed by atoms with Crippen molar-refractivity contribution in [3.63, 3.8) is 0 Å². The van der Waals surface area contributed by atoms with Crippen molar-refractivity contribution in [1.82, 2.24) is 5.32 Å². The van der Waals surface area contributed by atoms with Crippen LogP contribution in [0.25, 0.3) is 0 Å². The molecular formula is C21H28N4O. The highest BCUT2D eigenvalue weighted by Crippen LogP contribution is 2.24. The third kappa shape index (κ3) is 4.48. The normalized spacial score (nSPS) is 16.8. The summed E-state index contributed by atoms with van der Waals surface area (Å²) in [7, 11) is 2.03. The number of nitrogens with zero attached hydrogens (tertiary/aromatic N) is 2. The summed E-state index contributed by atoms with van der Waals surface area (Å²) in [5.74, 6) is 0. The van der Waals surface area contributed by atoms with Crippen molar-refractivity contribution in [1.29, 1.82) is 0 Å². The van der Waals surface area contributed by atoms with Crippen molar-refractivity contribution >= 4 is 23.1 Å². The predicted molar refractivity (Wildman–Crippen MR) is 109 cm³/mol. The molecule has 1 fully saturated rings. The van der Waals surface area contributed by atoms with Crippen LogP contribution in [-0.2, 0) is 0 Å². The Hall–Kier alpha value is -2.69. The number of nitrogens with one attached hydrogen (secondary N) is 2. The molecule has 2 aromatic carbocycles. The average molecular weight is 352 g/mol. The van der Waals surface area contributed by atoms with Gasteiger partial charge in [-0.1, -0.05) is 30.3 Å². The van der Waals surface area contributed by atoms with E-state index in [1.54, 1.807) is 0 Å². The lowest BCUT2D eigenvalue weighted by Gasteiger charge is -2.34. The van der Waals surface area contributed by atoms with Crippen LogP contribution in [0, 0.1) is 0 Å². The van der Waals surface area contributed by atoms with Gasteiger partial charge < -0.3 is 20.4 Å². The molecule has 1 aliphatic heterocycles. The highest BCUT2D eigenvalue weighted by Gasteiger charge is 2.22. The van der Waals surface area contributed by atoms with Gasteiger partial charge >= 0.3 is 6.03 Å². The van der Waals surface area contributed by atoms with Crippen LogP contribution in [0.3, 0.4) is 0 Å². The van der Waals surface area contributed by atoms with Crippen LogP contribution in [0.5, 0.6) is 0 Å². The maximum Gasteiger partial charge on any atom is 0.319 e. The Bertz CT molecular complexity index is 719. The fraction of sp³-hybridized carbons (Fsp3) is 0.381. The number of carbonyl (C=O) groups excluding carboxylic acids is 1. The van der Waals surface area contributed by atoms with Gasteiger partial charge in [-0.3, -0.25) is 0 Å². The van der Waals surface area contributed by atoms with Crippen molar-refractivity contribution < 1.29 is 4.79 Å². The number of piperidine rings is 1. The highest BCUT2D eigenvalue weighted by atomic mass is 16.2. The van der Waals surface area contributed by atoms with Crippen LogP contribution in [0.2, 0.25) is 0 Å². The molecule has 1 atom stereocenters. The Labute approximate surface area is 156 Å². The lowest BCUT2D eigenvalue weighted by atomic mass is 10.1. The first-order chi connectivity index (χ1) is 12.7. The molecule has 3 rings (SSSR count). The smallest absolute Gasteiger partial charge is 0.319 e. The summed E-state index contributed by atoms with van der Waals surface area (Å²) < 4.78 is 0. The average Bonchev–Trinajstić information content (AvgIpc) is 2.68. The van der Waals surface area contributed by atoms with E-state index >= 15 is 0 Å². The molecule has 0 radical (unpaired) electrons. The van der Waals surface area contributed by atoms with E-state index in [1.165, 1.54) is 5.69 Å². The van der Waals surface area contributed by atoms with Crippen molar-refractivity contribution in [3.8, 4) is 0 Å². The zero-order chi connectivity index (χ0) is 18.4. The molecule has 2 N–H and O–H groups in total. The maximum absolute atomic E-state index is 12.5. The summed E-state index contributed by atoms with van der Waals surface area (Å²) in [6.07, 6.45) is 2.09. The highest BCUT2D eigenvalue weighted by molar-refractivity contribution is 5.93. The molecule has 1 aliphatic rings. The number of amides is 2. The monoisotopic (exact) mass is 352 g/mol. The van der Waals surface area contributed by atoms with Gasteiger partial charge in [0.1, 0.15) is 0 Å². The van der Waals surface area contributed by atoms with Gasteiger partial charge in [-0.15, -0.1) is 0 Å². The molecule has 26 heavy (non-hydrogen) atoms. The molecule has 1 unspecified atom stereocenters. The van der Waals surface area contributed by atoms with Gasteiger partial charge in [0.2, 0.25) is 0 Å². The van der Waals surface area contributed by atoms with E-state index in [2.05, 4.69) is 51.6 Å². The SMILES string of the molecule is CCN(C)c1ccccc1NC(=O)NC1CCCN(c2ccccc2)C1. The number of urea groups is 1. The Balaban J connectivity index is 1.60. The second-order valence-electron chi connectivity index (χ2n) is 6.75. The Morgan fingerprint density at radius 1 is 1.15 bits per heavy atom. The summed E-state index contributed by atoms with van der Waals surface area (Å²) in [6, 6.07) is 18.3. The third-order valence-electron chi connectivity index (χ3n) is 4.92. The van der Waals surface area contributed by atoms with Gasteiger partial charge in [0.25, 0.3) is 0 Å². The Morgan fingerprint density at radius 2 is 1.88 bits per heavy atom. The summed E-state index contributed by atoms with van der Waals surface area (Å²) in [6.45, 7) is 4.86. The van der Waals surface area contributed by atoms with E-state index in [-0.39, 0.29) is 12.1 Å². The van der Waals surface area contributed by atoms with E-state index in [9.17, 15) is 4.79 Å². The summed E-state index contributed by atoms with van der Waals surface area (Å²) in [5.41, 5.74) is 3.08. The van der Waals surface area contributed by atoms with Crippen LogP contribution in [0.15, 0.2) is 54.6 Å². The van der Waals surface area contributed by atoms with Gasteiger partial charge in [-0.05, 0) is 44.0 Å². The second-order valence-corrected chi connectivity index (χ2v) is 6.75. The predicted octanol–water partition coefficient (Wildman–Crippen LogP) is 3.93. The van der Waals surface area contributed by atoms with E-state index in [0.29, 0.717) is 0 Å². The molecule has 1 heterocycles. The number of benzene rings is 2. The van der Waals surface area contributed by atoms with E-state index in [4.69, 9.17) is 0 Å². The number of anilines is 3. The summed E-state index contributed by atoms with van der Waals surface area (Å²) in [5, 5.41) is 6.16. The van der Waals surface area contributed by atoms with Crippen LogP contribution in [0.4, 0.5) is 21.9 Å². The first-order valence-corrected chi connectivity index (χ1v) is 9.35. The van der Waals surface area contributed by atoms with E-state index in [1.807, 2.05) is 37.4 Å². The number of hydrogen-bond acceptors (Lipinski definition) is 3. The first kappa shape index (κ1) is 18.1. The molecule has 0 aromatic heterocycles. The third-order valence-corrected chi connectivity index (χ3v) is 4.92.